The van der Waals surface area contributed by atoms with Crippen molar-refractivity contribution < 1.29 is 9.90 Å². The van der Waals surface area contributed by atoms with E-state index in [1.165, 1.54) is 0 Å². The number of aliphatic carboxylic acids is 1. The number of carboxylic acids is 1. The molecule has 0 aliphatic carbocycles. The van der Waals surface area contributed by atoms with Crippen LogP contribution in [0.4, 0.5) is 5.69 Å². The van der Waals surface area contributed by atoms with E-state index in [0.29, 0.717) is 23.7 Å². The zero-order valence-electron chi connectivity index (χ0n) is 8.35. The van der Waals surface area contributed by atoms with Crippen LogP contribution in [0.2, 0.25) is 5.02 Å². The summed E-state index contributed by atoms with van der Waals surface area (Å²) in [5, 5.41) is 17.8. The number of rotatable bonds is 2. The monoisotopic (exact) mass is 236 g/mol. The zero-order chi connectivity index (χ0) is 11.7. The predicted molar refractivity (Wildman–Crippen MR) is 59.5 cm³/mol. The van der Waals surface area contributed by atoms with Gasteiger partial charge in [0.15, 0.2) is 0 Å². The molecule has 0 radical (unpaired) electrons. The van der Waals surface area contributed by atoms with E-state index < -0.39 is 5.97 Å². The fourth-order valence-corrected chi connectivity index (χ4v) is 1.85. The number of halogens is 1. The van der Waals surface area contributed by atoms with Crippen molar-refractivity contribution in [2.24, 2.45) is 5.92 Å². The number of anilines is 1. The minimum Gasteiger partial charge on any atom is -0.481 e. The molecule has 0 unspecified atom stereocenters. The second-order valence-electron chi connectivity index (χ2n) is 3.72. The van der Waals surface area contributed by atoms with Crippen LogP contribution in [0, 0.1) is 17.2 Å². The Hall–Kier alpha value is -1.73. The van der Waals surface area contributed by atoms with Gasteiger partial charge in [0, 0.05) is 18.8 Å². The van der Waals surface area contributed by atoms with Crippen molar-refractivity contribution in [2.45, 2.75) is 0 Å². The van der Waals surface area contributed by atoms with Gasteiger partial charge in [0.2, 0.25) is 0 Å². The van der Waals surface area contributed by atoms with Gasteiger partial charge in [-0.1, -0.05) is 11.6 Å². The molecule has 5 heteroatoms. The van der Waals surface area contributed by atoms with Crippen LogP contribution in [0.25, 0.3) is 0 Å². The van der Waals surface area contributed by atoms with Crippen molar-refractivity contribution in [1.29, 1.82) is 5.26 Å². The van der Waals surface area contributed by atoms with Crippen LogP contribution in [-0.2, 0) is 4.79 Å². The highest BCUT2D eigenvalue weighted by molar-refractivity contribution is 6.32. The maximum atomic E-state index is 10.6. The smallest absolute Gasteiger partial charge is 0.310 e. The summed E-state index contributed by atoms with van der Waals surface area (Å²) in [6.45, 7) is 0.995. The van der Waals surface area contributed by atoms with Crippen LogP contribution in [-0.4, -0.2) is 24.2 Å². The molecule has 1 aliphatic rings. The molecule has 16 heavy (non-hydrogen) atoms. The quantitative estimate of drug-likeness (QED) is 0.850. The summed E-state index contributed by atoms with van der Waals surface area (Å²) in [7, 11) is 0. The summed E-state index contributed by atoms with van der Waals surface area (Å²) in [5.41, 5.74) is 1.29. The molecule has 82 valence electrons. The highest BCUT2D eigenvalue weighted by Crippen LogP contribution is 2.28. The lowest BCUT2D eigenvalue weighted by atomic mass is 9.99. The first-order valence-electron chi connectivity index (χ1n) is 4.79. The molecule has 1 aromatic carbocycles. The first kappa shape index (κ1) is 10.8. The fraction of sp³-hybridized carbons (Fsp3) is 0.273. The van der Waals surface area contributed by atoms with E-state index in [1.807, 2.05) is 11.0 Å². The van der Waals surface area contributed by atoms with E-state index in [-0.39, 0.29) is 5.92 Å². The maximum Gasteiger partial charge on any atom is 0.310 e. The molecule has 1 aliphatic heterocycles. The van der Waals surface area contributed by atoms with Gasteiger partial charge in [0.25, 0.3) is 0 Å². The maximum absolute atomic E-state index is 10.6. The van der Waals surface area contributed by atoms with E-state index in [0.717, 1.165) is 5.69 Å². The average Bonchev–Trinajstić information content (AvgIpc) is 2.15. The number of nitriles is 1. The molecule has 0 bridgehead atoms. The van der Waals surface area contributed by atoms with Crippen molar-refractivity contribution in [3.05, 3.63) is 28.8 Å². The first-order chi connectivity index (χ1) is 7.61. The van der Waals surface area contributed by atoms with Gasteiger partial charge >= 0.3 is 5.97 Å². The molecule has 0 saturated carbocycles. The SMILES string of the molecule is N#Cc1ccc(N2CC(C(=O)O)C2)cc1Cl. The third kappa shape index (κ3) is 1.82. The highest BCUT2D eigenvalue weighted by Gasteiger charge is 2.32. The first-order valence-corrected chi connectivity index (χ1v) is 5.17. The molecule has 1 aromatic rings. The van der Waals surface area contributed by atoms with Crippen LogP contribution in [0.1, 0.15) is 5.56 Å². The Labute approximate surface area is 97.7 Å². The lowest BCUT2D eigenvalue weighted by Gasteiger charge is -2.38. The minimum absolute atomic E-state index is 0.297. The number of hydrogen-bond acceptors (Lipinski definition) is 3. The van der Waals surface area contributed by atoms with Crippen molar-refractivity contribution >= 4 is 23.3 Å². The largest absolute Gasteiger partial charge is 0.481 e. The van der Waals surface area contributed by atoms with Gasteiger partial charge < -0.3 is 10.0 Å². The summed E-state index contributed by atoms with van der Waals surface area (Å²) in [5.74, 6) is -1.06. The standard InChI is InChI=1S/C11H9ClN2O2/c12-10-3-9(2-1-7(10)4-13)14-5-8(6-14)11(15)16/h1-3,8H,5-6H2,(H,15,16). The van der Waals surface area contributed by atoms with Crippen molar-refractivity contribution in [1.82, 2.24) is 0 Å². The number of nitrogens with zero attached hydrogens (tertiary/aromatic N) is 2. The normalized spacial score (nSPS) is 15.4. The molecule has 2 rings (SSSR count). The highest BCUT2D eigenvalue weighted by atomic mass is 35.5. The lowest BCUT2D eigenvalue weighted by Crippen LogP contribution is -2.50. The van der Waals surface area contributed by atoms with Gasteiger partial charge in [-0.05, 0) is 18.2 Å². The van der Waals surface area contributed by atoms with Gasteiger partial charge in [-0.2, -0.15) is 5.26 Å². The summed E-state index contributed by atoms with van der Waals surface area (Å²) < 4.78 is 0. The Balaban J connectivity index is 2.11. The predicted octanol–water partition coefficient (Wildman–Crippen LogP) is 1.73. The summed E-state index contributed by atoms with van der Waals surface area (Å²) in [6.07, 6.45) is 0. The van der Waals surface area contributed by atoms with Crippen molar-refractivity contribution in [3.63, 3.8) is 0 Å². The Morgan fingerprint density at radius 2 is 2.25 bits per heavy atom. The summed E-state index contributed by atoms with van der Waals surface area (Å²) in [6, 6.07) is 7.10. The molecule has 1 heterocycles. The Morgan fingerprint density at radius 1 is 1.56 bits per heavy atom. The Kier molecular flexibility index (Phi) is 2.71. The Morgan fingerprint density at radius 3 is 2.75 bits per heavy atom. The van der Waals surface area contributed by atoms with Crippen LogP contribution in [0.15, 0.2) is 18.2 Å². The van der Waals surface area contributed by atoms with Gasteiger partial charge in [0.1, 0.15) is 6.07 Å². The number of carbonyl (C=O) groups is 1. The van der Waals surface area contributed by atoms with E-state index >= 15 is 0 Å². The topological polar surface area (TPSA) is 64.3 Å². The number of benzene rings is 1. The van der Waals surface area contributed by atoms with Crippen LogP contribution >= 0.6 is 11.6 Å². The molecule has 0 amide bonds. The molecular formula is C11H9ClN2O2. The molecule has 1 fully saturated rings. The molecular weight excluding hydrogens is 228 g/mol. The molecule has 0 aromatic heterocycles. The van der Waals surface area contributed by atoms with Crippen LogP contribution in [0.3, 0.4) is 0 Å². The zero-order valence-corrected chi connectivity index (χ0v) is 9.11. The average molecular weight is 237 g/mol. The minimum atomic E-state index is -0.768. The Bertz CT molecular complexity index is 475. The molecule has 1 N–H and O–H groups in total. The molecule has 0 atom stereocenters. The van der Waals surface area contributed by atoms with Gasteiger partial charge in [-0.25, -0.2) is 0 Å². The summed E-state index contributed by atoms with van der Waals surface area (Å²) >= 11 is 5.89. The molecule has 4 nitrogen and oxygen atoms in total. The van der Waals surface area contributed by atoms with E-state index in [1.54, 1.807) is 18.2 Å². The third-order valence-electron chi connectivity index (χ3n) is 2.67. The van der Waals surface area contributed by atoms with Crippen molar-refractivity contribution in [3.8, 4) is 6.07 Å². The second kappa shape index (κ2) is 4.03. The van der Waals surface area contributed by atoms with E-state index in [2.05, 4.69) is 0 Å². The van der Waals surface area contributed by atoms with Crippen LogP contribution in [0.5, 0.6) is 0 Å². The van der Waals surface area contributed by atoms with E-state index in [4.69, 9.17) is 22.0 Å². The van der Waals surface area contributed by atoms with Gasteiger partial charge in [-0.15, -0.1) is 0 Å². The number of carboxylic acid groups (broad SMARTS) is 1. The molecule has 0 spiro atoms. The molecule has 1 saturated heterocycles. The number of hydrogen-bond donors (Lipinski definition) is 1. The lowest BCUT2D eigenvalue weighted by molar-refractivity contribution is -0.142. The second-order valence-corrected chi connectivity index (χ2v) is 4.12. The van der Waals surface area contributed by atoms with Crippen LogP contribution < -0.4 is 4.90 Å². The van der Waals surface area contributed by atoms with Crippen molar-refractivity contribution in [2.75, 3.05) is 18.0 Å². The van der Waals surface area contributed by atoms with Gasteiger partial charge in [-0.3, -0.25) is 4.79 Å². The third-order valence-corrected chi connectivity index (χ3v) is 2.98. The van der Waals surface area contributed by atoms with E-state index in [9.17, 15) is 4.79 Å². The fourth-order valence-electron chi connectivity index (χ4n) is 1.64. The van der Waals surface area contributed by atoms with Gasteiger partial charge in [0.05, 0.1) is 16.5 Å². The summed E-state index contributed by atoms with van der Waals surface area (Å²) in [4.78, 5) is 12.6.